The number of halogens is 1. The van der Waals surface area contributed by atoms with Gasteiger partial charge in [-0.3, -0.25) is 0 Å². The summed E-state index contributed by atoms with van der Waals surface area (Å²) in [5.74, 6) is 0.561. The molecule has 0 fully saturated rings. The van der Waals surface area contributed by atoms with Crippen LogP contribution in [0.25, 0.3) is 11.3 Å². The molecule has 0 aliphatic heterocycles. The van der Waals surface area contributed by atoms with E-state index in [0.717, 1.165) is 16.8 Å². The van der Waals surface area contributed by atoms with Crippen LogP contribution in [0, 0.1) is 0 Å². The molecule has 4 nitrogen and oxygen atoms in total. The molecule has 0 atom stereocenters. The zero-order chi connectivity index (χ0) is 13.5. The van der Waals surface area contributed by atoms with Gasteiger partial charge in [-0.1, -0.05) is 30.3 Å². The van der Waals surface area contributed by atoms with Crippen LogP contribution in [0.1, 0.15) is 5.56 Å². The molecule has 0 radical (unpaired) electrons. The van der Waals surface area contributed by atoms with Crippen LogP contribution >= 0.6 is 30.3 Å². The average Bonchev–Trinajstić information content (AvgIpc) is 2.48. The van der Waals surface area contributed by atoms with E-state index in [9.17, 15) is 0 Å². The summed E-state index contributed by atoms with van der Waals surface area (Å²) in [7, 11) is 3.00. The molecule has 19 heavy (non-hydrogen) atoms. The molecule has 6 heteroatoms. The number of hydrazone groups is 1. The molecule has 0 saturated carbocycles. The smallest absolute Gasteiger partial charge is 0.222 e. The number of hydrogen-bond acceptors (Lipinski definition) is 5. The highest BCUT2D eigenvalue weighted by atomic mass is 127. The molecule has 0 aliphatic rings. The Morgan fingerprint density at radius 1 is 1.26 bits per heavy atom. The van der Waals surface area contributed by atoms with Gasteiger partial charge in [-0.05, 0) is 12.1 Å². The maximum atomic E-state index is 5.30. The van der Waals surface area contributed by atoms with Gasteiger partial charge in [0.25, 0.3) is 0 Å². The van der Waals surface area contributed by atoms with Gasteiger partial charge in [-0.2, -0.15) is 5.10 Å². The number of benzene rings is 1. The van der Waals surface area contributed by atoms with Crippen molar-refractivity contribution >= 4 is 36.5 Å². The fraction of sp³-hybridized carbons (Fsp3) is 0.0769. The van der Waals surface area contributed by atoms with Crippen LogP contribution in [0.2, 0.25) is 0 Å². The van der Waals surface area contributed by atoms with Crippen molar-refractivity contribution in [1.29, 1.82) is 0 Å². The average molecular weight is 385 g/mol. The monoisotopic (exact) mass is 385 g/mol. The number of aromatic nitrogens is 1. The predicted molar refractivity (Wildman–Crippen MR) is 88.6 cm³/mol. The fourth-order valence-corrected chi connectivity index (χ4v) is 2.03. The molecule has 1 aromatic heterocycles. The van der Waals surface area contributed by atoms with Crippen molar-refractivity contribution in [3.05, 3.63) is 48.0 Å². The molecule has 1 aromatic carbocycles. The van der Waals surface area contributed by atoms with E-state index >= 15 is 0 Å². The summed E-state index contributed by atoms with van der Waals surface area (Å²) < 4.78 is 5.30. The second-order valence-corrected chi connectivity index (χ2v) is 5.25. The van der Waals surface area contributed by atoms with Gasteiger partial charge in [0.05, 0.1) is 24.6 Å². The second kappa shape index (κ2) is 7.34. The number of ether oxygens (including phenoxy) is 1. The SMILES string of the molecule is COc1nc(-c2ccccc2)ccc1/C=N\NSI. The molecule has 2 aromatic rings. The van der Waals surface area contributed by atoms with E-state index in [1.807, 2.05) is 42.5 Å². The number of pyridine rings is 1. The highest BCUT2D eigenvalue weighted by molar-refractivity contribution is 14.2. The number of rotatable bonds is 5. The Bertz CT molecular complexity index is 563. The minimum Gasteiger partial charge on any atom is -0.481 e. The summed E-state index contributed by atoms with van der Waals surface area (Å²) in [5, 5.41) is 4.03. The van der Waals surface area contributed by atoms with Gasteiger partial charge in [0.2, 0.25) is 5.88 Å². The normalized spacial score (nSPS) is 10.6. The Morgan fingerprint density at radius 2 is 2.05 bits per heavy atom. The summed E-state index contributed by atoms with van der Waals surface area (Å²) in [6, 6.07) is 13.9. The molecule has 0 bridgehead atoms. The molecule has 0 spiro atoms. The molecule has 0 aliphatic carbocycles. The van der Waals surface area contributed by atoms with Crippen LogP contribution in [0.4, 0.5) is 0 Å². The first kappa shape index (κ1) is 14.1. The van der Waals surface area contributed by atoms with E-state index in [0.29, 0.717) is 5.88 Å². The first-order valence-corrected chi connectivity index (χ1v) is 8.87. The standard InChI is InChI=1S/C13H12IN3OS/c1-18-13-11(9-15-17-19-14)7-8-12(16-13)10-5-3-2-4-6-10/h2-9,17H,1H3/b15-9-. The van der Waals surface area contributed by atoms with Crippen molar-refractivity contribution in [2.24, 2.45) is 5.10 Å². The maximum absolute atomic E-state index is 5.30. The van der Waals surface area contributed by atoms with Crippen molar-refractivity contribution in [1.82, 2.24) is 9.82 Å². The van der Waals surface area contributed by atoms with Gasteiger partial charge in [0.1, 0.15) is 0 Å². The zero-order valence-corrected chi connectivity index (χ0v) is 13.2. The first-order chi connectivity index (χ1) is 9.35. The van der Waals surface area contributed by atoms with Gasteiger partial charge in [0.15, 0.2) is 0 Å². The maximum Gasteiger partial charge on any atom is 0.222 e. The summed E-state index contributed by atoms with van der Waals surface area (Å²) in [6.07, 6.45) is 1.69. The van der Waals surface area contributed by atoms with Crippen LogP contribution in [0.5, 0.6) is 5.88 Å². The van der Waals surface area contributed by atoms with Gasteiger partial charge in [-0.15, -0.1) is 0 Å². The van der Waals surface area contributed by atoms with E-state index in [1.54, 1.807) is 13.3 Å². The van der Waals surface area contributed by atoms with E-state index < -0.39 is 0 Å². The quantitative estimate of drug-likeness (QED) is 0.369. The van der Waals surface area contributed by atoms with Crippen LogP contribution in [-0.2, 0) is 0 Å². The molecule has 98 valence electrons. The van der Waals surface area contributed by atoms with Crippen LogP contribution < -0.4 is 9.57 Å². The van der Waals surface area contributed by atoms with Crippen LogP contribution in [0.15, 0.2) is 47.6 Å². The van der Waals surface area contributed by atoms with Crippen molar-refractivity contribution in [2.45, 2.75) is 0 Å². The molecule has 0 unspecified atom stereocenters. The van der Waals surface area contributed by atoms with E-state index in [4.69, 9.17) is 4.74 Å². The van der Waals surface area contributed by atoms with Gasteiger partial charge < -0.3 is 4.74 Å². The summed E-state index contributed by atoms with van der Waals surface area (Å²) in [5.41, 5.74) is 2.77. The summed E-state index contributed by atoms with van der Waals surface area (Å²) >= 11 is 2.11. The Balaban J connectivity index is 2.31. The van der Waals surface area contributed by atoms with E-state index in [1.165, 1.54) is 9.12 Å². The number of methoxy groups -OCH3 is 1. The number of hydrogen-bond donors (Lipinski definition) is 1. The zero-order valence-electron chi connectivity index (χ0n) is 10.2. The summed E-state index contributed by atoms with van der Waals surface area (Å²) in [4.78, 5) is 7.27. The second-order valence-electron chi connectivity index (χ2n) is 3.59. The molecule has 0 saturated heterocycles. The third kappa shape index (κ3) is 3.84. The van der Waals surface area contributed by atoms with Crippen molar-refractivity contribution in [3.63, 3.8) is 0 Å². The largest absolute Gasteiger partial charge is 0.481 e. The Kier molecular flexibility index (Phi) is 5.46. The summed E-state index contributed by atoms with van der Waals surface area (Å²) in [6.45, 7) is 0. The Hall–Kier alpha value is -1.28. The highest BCUT2D eigenvalue weighted by Gasteiger charge is 2.05. The minimum atomic E-state index is 0.561. The van der Waals surface area contributed by atoms with Crippen molar-refractivity contribution in [3.8, 4) is 17.1 Å². The Morgan fingerprint density at radius 3 is 2.74 bits per heavy atom. The molecular weight excluding hydrogens is 373 g/mol. The molecule has 2 rings (SSSR count). The molecule has 0 amide bonds. The minimum absolute atomic E-state index is 0.561. The Labute approximate surface area is 128 Å². The predicted octanol–water partition coefficient (Wildman–Crippen LogP) is 3.68. The highest BCUT2D eigenvalue weighted by Crippen LogP contribution is 2.22. The number of nitrogens with zero attached hydrogens (tertiary/aromatic N) is 2. The lowest BCUT2D eigenvalue weighted by molar-refractivity contribution is 0.398. The topological polar surface area (TPSA) is 46.5 Å². The molecule has 1 N–H and O–H groups in total. The lowest BCUT2D eigenvalue weighted by atomic mass is 10.1. The molecular formula is C13H12IN3OS. The van der Waals surface area contributed by atoms with Crippen LogP contribution in [-0.4, -0.2) is 18.3 Å². The lowest BCUT2D eigenvalue weighted by Crippen LogP contribution is -1.98. The third-order valence-electron chi connectivity index (χ3n) is 2.44. The van der Waals surface area contributed by atoms with Crippen LogP contribution in [0.3, 0.4) is 0 Å². The van der Waals surface area contributed by atoms with E-state index in [2.05, 4.69) is 36.1 Å². The van der Waals surface area contributed by atoms with Crippen molar-refractivity contribution in [2.75, 3.05) is 7.11 Å². The molecule has 1 heterocycles. The first-order valence-electron chi connectivity index (χ1n) is 5.51. The third-order valence-corrected chi connectivity index (χ3v) is 3.21. The number of nitrogens with one attached hydrogen (secondary N) is 1. The lowest BCUT2D eigenvalue weighted by Gasteiger charge is -2.06. The van der Waals surface area contributed by atoms with E-state index in [-0.39, 0.29) is 0 Å². The van der Waals surface area contributed by atoms with Gasteiger partial charge in [-0.25, -0.2) is 9.82 Å². The fourth-order valence-electron chi connectivity index (χ4n) is 1.60. The van der Waals surface area contributed by atoms with Gasteiger partial charge >= 0.3 is 0 Å². The van der Waals surface area contributed by atoms with Crippen molar-refractivity contribution < 1.29 is 4.74 Å². The van der Waals surface area contributed by atoms with Gasteiger partial charge in [0, 0.05) is 35.9 Å².